The second-order valence-corrected chi connectivity index (χ2v) is 3.83. The van der Waals surface area contributed by atoms with E-state index in [4.69, 9.17) is 10.5 Å². The summed E-state index contributed by atoms with van der Waals surface area (Å²) in [6.45, 7) is 3.46. The van der Waals surface area contributed by atoms with Gasteiger partial charge in [0.05, 0.1) is 6.54 Å². The zero-order chi connectivity index (χ0) is 10.7. The summed E-state index contributed by atoms with van der Waals surface area (Å²) in [5.74, 6) is 0.761. The summed E-state index contributed by atoms with van der Waals surface area (Å²) < 4.78 is 5.71. The van der Waals surface area contributed by atoms with Crippen molar-refractivity contribution in [1.29, 1.82) is 0 Å². The van der Waals surface area contributed by atoms with Gasteiger partial charge in [-0.2, -0.15) is 0 Å². The van der Waals surface area contributed by atoms with Gasteiger partial charge >= 0.3 is 0 Å². The maximum atomic E-state index is 5.71. The van der Waals surface area contributed by atoms with Gasteiger partial charge < -0.3 is 10.5 Å². The third-order valence-corrected chi connectivity index (χ3v) is 2.47. The molecule has 1 atom stereocenters. The Bertz CT molecular complexity index is 374. The van der Waals surface area contributed by atoms with Crippen molar-refractivity contribution in [3.05, 3.63) is 35.4 Å². The Kier molecular flexibility index (Phi) is 3.02. The van der Waals surface area contributed by atoms with Crippen LogP contribution in [0.15, 0.2) is 29.3 Å². The molecule has 0 saturated carbocycles. The highest BCUT2D eigenvalue weighted by Crippen LogP contribution is 2.15. The van der Waals surface area contributed by atoms with Crippen LogP contribution >= 0.6 is 0 Å². The molecule has 2 rings (SSSR count). The fraction of sp³-hybridized carbons (Fsp3) is 0.417. The van der Waals surface area contributed by atoms with Gasteiger partial charge in [0.2, 0.25) is 5.90 Å². The van der Waals surface area contributed by atoms with Gasteiger partial charge in [-0.25, -0.2) is 4.99 Å². The molecule has 1 unspecified atom stereocenters. The second-order valence-electron chi connectivity index (χ2n) is 3.83. The minimum atomic E-state index is 0.172. The summed E-state index contributed by atoms with van der Waals surface area (Å²) in [6.07, 6.45) is 1.05. The molecule has 0 radical (unpaired) electrons. The largest absolute Gasteiger partial charge is 0.472 e. The molecule has 1 heterocycles. The maximum Gasteiger partial charge on any atom is 0.216 e. The Morgan fingerprint density at radius 3 is 3.13 bits per heavy atom. The van der Waals surface area contributed by atoms with Crippen LogP contribution in [0.25, 0.3) is 0 Å². The van der Waals surface area contributed by atoms with Crippen LogP contribution in [0.1, 0.15) is 17.5 Å². The first-order valence-electron chi connectivity index (χ1n) is 5.28. The lowest BCUT2D eigenvalue weighted by Gasteiger charge is -2.09. The molecule has 2 N–H and O–H groups in total. The SMILES string of the molecule is Cc1cccc(C2=NCC(CCN)O2)c1. The number of nitrogens with zero attached hydrogens (tertiary/aromatic N) is 1. The average molecular weight is 204 g/mol. The standard InChI is InChI=1S/C12H16N2O/c1-9-3-2-4-10(7-9)12-14-8-11(15-12)5-6-13/h2-4,7,11H,5-6,8,13H2,1H3. The van der Waals surface area contributed by atoms with Crippen molar-refractivity contribution in [2.24, 2.45) is 10.7 Å². The number of rotatable bonds is 3. The van der Waals surface area contributed by atoms with E-state index in [1.165, 1.54) is 5.56 Å². The molecule has 1 aromatic carbocycles. The van der Waals surface area contributed by atoms with Crippen LogP contribution < -0.4 is 5.73 Å². The van der Waals surface area contributed by atoms with E-state index < -0.39 is 0 Å². The molecule has 15 heavy (non-hydrogen) atoms. The van der Waals surface area contributed by atoms with E-state index in [0.29, 0.717) is 6.54 Å². The predicted octanol–water partition coefficient (Wildman–Crippen LogP) is 1.49. The molecule has 0 aliphatic carbocycles. The van der Waals surface area contributed by atoms with Crippen molar-refractivity contribution in [2.75, 3.05) is 13.1 Å². The molecule has 3 nitrogen and oxygen atoms in total. The number of hydrogen-bond acceptors (Lipinski definition) is 3. The molecule has 1 aliphatic heterocycles. The van der Waals surface area contributed by atoms with Crippen molar-refractivity contribution in [1.82, 2.24) is 0 Å². The van der Waals surface area contributed by atoms with E-state index in [1.54, 1.807) is 0 Å². The lowest BCUT2D eigenvalue weighted by atomic mass is 10.1. The van der Waals surface area contributed by atoms with Crippen LogP contribution in [-0.4, -0.2) is 25.1 Å². The topological polar surface area (TPSA) is 47.6 Å². The number of nitrogens with two attached hydrogens (primary N) is 1. The smallest absolute Gasteiger partial charge is 0.216 e. The number of aryl methyl sites for hydroxylation is 1. The van der Waals surface area contributed by atoms with Crippen LogP contribution in [0.5, 0.6) is 0 Å². The van der Waals surface area contributed by atoms with Crippen molar-refractivity contribution in [2.45, 2.75) is 19.4 Å². The zero-order valence-corrected chi connectivity index (χ0v) is 8.94. The van der Waals surface area contributed by atoms with Crippen molar-refractivity contribution < 1.29 is 4.74 Å². The fourth-order valence-electron chi connectivity index (χ4n) is 1.69. The van der Waals surface area contributed by atoms with Gasteiger partial charge in [-0.1, -0.05) is 17.7 Å². The summed E-state index contributed by atoms with van der Waals surface area (Å²) in [6, 6.07) is 8.20. The van der Waals surface area contributed by atoms with Gasteiger partial charge in [0, 0.05) is 5.56 Å². The van der Waals surface area contributed by atoms with Crippen LogP contribution in [0.2, 0.25) is 0 Å². The van der Waals surface area contributed by atoms with E-state index in [1.807, 2.05) is 12.1 Å². The number of aliphatic imine (C=N–C) groups is 1. The monoisotopic (exact) mass is 204 g/mol. The molecule has 0 amide bonds. The summed E-state index contributed by atoms with van der Waals surface area (Å²) >= 11 is 0. The normalized spacial score (nSPS) is 19.9. The van der Waals surface area contributed by atoms with Crippen molar-refractivity contribution >= 4 is 5.90 Å². The lowest BCUT2D eigenvalue weighted by Crippen LogP contribution is -2.18. The molecule has 0 spiro atoms. The number of hydrogen-bond donors (Lipinski definition) is 1. The molecule has 0 fully saturated rings. The van der Waals surface area contributed by atoms with Crippen LogP contribution in [0.3, 0.4) is 0 Å². The molecule has 0 bridgehead atoms. The van der Waals surface area contributed by atoms with Gasteiger partial charge in [0.15, 0.2) is 0 Å². The van der Waals surface area contributed by atoms with E-state index in [0.717, 1.165) is 24.4 Å². The van der Waals surface area contributed by atoms with E-state index in [-0.39, 0.29) is 6.10 Å². The quantitative estimate of drug-likeness (QED) is 0.810. The summed E-state index contributed by atoms with van der Waals surface area (Å²) in [7, 11) is 0. The molecular formula is C12H16N2O. The molecule has 3 heteroatoms. The Hall–Kier alpha value is -1.35. The Morgan fingerprint density at radius 2 is 2.40 bits per heavy atom. The minimum absolute atomic E-state index is 0.172. The van der Waals surface area contributed by atoms with Gasteiger partial charge in [0.1, 0.15) is 6.10 Å². The highest BCUT2D eigenvalue weighted by atomic mass is 16.5. The summed E-state index contributed by atoms with van der Waals surface area (Å²) in [4.78, 5) is 4.39. The zero-order valence-electron chi connectivity index (χ0n) is 8.94. The molecular weight excluding hydrogens is 188 g/mol. The highest BCUT2D eigenvalue weighted by Gasteiger charge is 2.19. The fourth-order valence-corrected chi connectivity index (χ4v) is 1.69. The van der Waals surface area contributed by atoms with Gasteiger partial charge in [0.25, 0.3) is 0 Å². The molecule has 80 valence electrons. The van der Waals surface area contributed by atoms with E-state index in [2.05, 4.69) is 24.0 Å². The second kappa shape index (κ2) is 4.45. The number of ether oxygens (including phenoxy) is 1. The average Bonchev–Trinajstić information content (AvgIpc) is 2.67. The summed E-state index contributed by atoms with van der Waals surface area (Å²) in [5, 5.41) is 0. The maximum absolute atomic E-state index is 5.71. The summed E-state index contributed by atoms with van der Waals surface area (Å²) in [5.41, 5.74) is 7.77. The van der Waals surface area contributed by atoms with Crippen molar-refractivity contribution in [3.8, 4) is 0 Å². The van der Waals surface area contributed by atoms with Crippen LogP contribution in [0, 0.1) is 6.92 Å². The first-order chi connectivity index (χ1) is 7.29. The minimum Gasteiger partial charge on any atom is -0.472 e. The van der Waals surface area contributed by atoms with E-state index >= 15 is 0 Å². The molecule has 1 aliphatic rings. The third-order valence-electron chi connectivity index (χ3n) is 2.47. The number of benzene rings is 1. The van der Waals surface area contributed by atoms with E-state index in [9.17, 15) is 0 Å². The van der Waals surface area contributed by atoms with Gasteiger partial charge in [-0.05, 0) is 32.0 Å². The van der Waals surface area contributed by atoms with Gasteiger partial charge in [-0.3, -0.25) is 0 Å². The lowest BCUT2D eigenvalue weighted by molar-refractivity contribution is 0.216. The third kappa shape index (κ3) is 2.36. The predicted molar refractivity (Wildman–Crippen MR) is 61.1 cm³/mol. The first-order valence-corrected chi connectivity index (χ1v) is 5.28. The Labute approximate surface area is 90.0 Å². The molecule has 0 saturated heterocycles. The highest BCUT2D eigenvalue weighted by molar-refractivity contribution is 5.95. The Balaban J connectivity index is 2.07. The van der Waals surface area contributed by atoms with Crippen molar-refractivity contribution in [3.63, 3.8) is 0 Å². The molecule has 1 aromatic rings. The first kappa shape index (κ1) is 10.2. The Morgan fingerprint density at radius 1 is 1.53 bits per heavy atom. The van der Waals surface area contributed by atoms with Gasteiger partial charge in [-0.15, -0.1) is 0 Å². The van der Waals surface area contributed by atoms with Crippen LogP contribution in [0.4, 0.5) is 0 Å². The molecule has 0 aromatic heterocycles. The van der Waals surface area contributed by atoms with Crippen LogP contribution in [-0.2, 0) is 4.74 Å².